The highest BCUT2D eigenvalue weighted by Crippen LogP contribution is 1.94. The molecule has 0 bridgehead atoms. The Morgan fingerprint density at radius 2 is 2.17 bits per heavy atom. The van der Waals surface area contributed by atoms with Gasteiger partial charge < -0.3 is 9.47 Å². The first kappa shape index (κ1) is 11.0. The highest BCUT2D eigenvalue weighted by Gasteiger charge is 2.18. The molecule has 0 fully saturated rings. The van der Waals surface area contributed by atoms with Gasteiger partial charge in [-0.05, 0) is 6.92 Å². The summed E-state index contributed by atoms with van der Waals surface area (Å²) in [5.74, 6) is -0.732. The average Bonchev–Trinajstić information content (AvgIpc) is 2.03. The van der Waals surface area contributed by atoms with E-state index in [1.807, 2.05) is 0 Å². The summed E-state index contributed by atoms with van der Waals surface area (Å²) in [7, 11) is 1.17. The van der Waals surface area contributed by atoms with Crippen LogP contribution < -0.4 is 5.32 Å². The highest BCUT2D eigenvalue weighted by atomic mass is 35.5. The zero-order valence-electron chi connectivity index (χ0n) is 6.80. The lowest BCUT2D eigenvalue weighted by atomic mass is 10.6. The minimum Gasteiger partial charge on any atom is -0.467 e. The van der Waals surface area contributed by atoms with Gasteiger partial charge in [-0.1, -0.05) is 11.6 Å². The van der Waals surface area contributed by atoms with Gasteiger partial charge in [0.1, 0.15) is 0 Å². The van der Waals surface area contributed by atoms with Gasteiger partial charge in [0.15, 0.2) is 0 Å². The molecular formula is C6H10ClNO4. The van der Waals surface area contributed by atoms with Gasteiger partial charge in [0, 0.05) is 0 Å². The second kappa shape index (κ2) is 5.65. The Morgan fingerprint density at radius 3 is 2.58 bits per heavy atom. The van der Waals surface area contributed by atoms with Crippen molar-refractivity contribution in [1.29, 1.82) is 0 Å². The van der Waals surface area contributed by atoms with Crippen LogP contribution >= 0.6 is 11.6 Å². The summed E-state index contributed by atoms with van der Waals surface area (Å²) < 4.78 is 8.71. The molecule has 1 N–H and O–H groups in total. The van der Waals surface area contributed by atoms with Gasteiger partial charge in [-0.3, -0.25) is 5.32 Å². The van der Waals surface area contributed by atoms with Gasteiger partial charge in [-0.2, -0.15) is 0 Å². The van der Waals surface area contributed by atoms with Crippen LogP contribution in [0.3, 0.4) is 0 Å². The lowest BCUT2D eigenvalue weighted by Gasteiger charge is -2.08. The van der Waals surface area contributed by atoms with Crippen LogP contribution in [-0.4, -0.2) is 31.3 Å². The van der Waals surface area contributed by atoms with Crippen molar-refractivity contribution in [2.75, 3.05) is 13.7 Å². The standard InChI is InChI=1S/C6H10ClNO4/c1-3-12-6(10)8-4(7)5(9)11-2/h4H,3H2,1-2H3,(H,8,10). The normalized spacial score (nSPS) is 11.6. The number of amides is 1. The number of halogens is 1. The molecule has 1 atom stereocenters. The molecule has 0 aromatic heterocycles. The van der Waals surface area contributed by atoms with Crippen LogP contribution in [0.1, 0.15) is 6.92 Å². The molecule has 0 aliphatic heterocycles. The fourth-order valence-corrected chi connectivity index (χ4v) is 0.617. The van der Waals surface area contributed by atoms with Crippen molar-refractivity contribution in [3.8, 4) is 0 Å². The monoisotopic (exact) mass is 195 g/mol. The zero-order valence-corrected chi connectivity index (χ0v) is 7.55. The molecule has 0 aromatic rings. The number of alkyl carbamates (subject to hydrolysis) is 1. The van der Waals surface area contributed by atoms with E-state index in [4.69, 9.17) is 11.6 Å². The number of alkyl halides is 1. The fourth-order valence-electron chi connectivity index (χ4n) is 0.439. The molecule has 0 aromatic carbocycles. The Morgan fingerprint density at radius 1 is 1.58 bits per heavy atom. The predicted molar refractivity (Wildman–Crippen MR) is 41.8 cm³/mol. The molecule has 5 nitrogen and oxygen atoms in total. The van der Waals surface area contributed by atoms with Crippen molar-refractivity contribution in [2.24, 2.45) is 0 Å². The summed E-state index contributed by atoms with van der Waals surface area (Å²) in [6.45, 7) is 1.86. The molecule has 0 heterocycles. The minimum atomic E-state index is -1.20. The van der Waals surface area contributed by atoms with Crippen LogP contribution in [0.4, 0.5) is 4.79 Å². The number of carbonyl (C=O) groups excluding carboxylic acids is 2. The summed E-state index contributed by atoms with van der Waals surface area (Å²) in [6, 6.07) is 0. The second-order valence-electron chi connectivity index (χ2n) is 1.75. The number of nitrogens with one attached hydrogen (secondary N) is 1. The molecule has 0 spiro atoms. The molecule has 1 unspecified atom stereocenters. The third-order valence-electron chi connectivity index (χ3n) is 0.928. The summed E-state index contributed by atoms with van der Waals surface area (Å²) in [5.41, 5.74) is -1.20. The van der Waals surface area contributed by atoms with Crippen molar-refractivity contribution < 1.29 is 19.1 Å². The molecule has 12 heavy (non-hydrogen) atoms. The molecular weight excluding hydrogens is 186 g/mol. The van der Waals surface area contributed by atoms with E-state index in [9.17, 15) is 9.59 Å². The first-order valence-corrected chi connectivity index (χ1v) is 3.70. The van der Waals surface area contributed by atoms with Gasteiger partial charge in [0.05, 0.1) is 13.7 Å². The third-order valence-corrected chi connectivity index (χ3v) is 1.22. The lowest BCUT2D eigenvalue weighted by Crippen LogP contribution is -2.37. The maximum absolute atomic E-state index is 10.6. The molecule has 1 amide bonds. The van der Waals surface area contributed by atoms with Crippen molar-refractivity contribution in [3.05, 3.63) is 0 Å². The first-order chi connectivity index (χ1) is 5.61. The number of rotatable bonds is 3. The lowest BCUT2D eigenvalue weighted by molar-refractivity contribution is -0.140. The van der Waals surface area contributed by atoms with E-state index in [0.717, 1.165) is 0 Å². The van der Waals surface area contributed by atoms with E-state index < -0.39 is 17.6 Å². The molecule has 70 valence electrons. The number of esters is 1. The number of ether oxygens (including phenoxy) is 2. The van der Waals surface area contributed by atoms with Gasteiger partial charge in [0.2, 0.25) is 5.50 Å². The molecule has 0 aliphatic rings. The highest BCUT2D eigenvalue weighted by molar-refractivity contribution is 6.30. The van der Waals surface area contributed by atoms with Gasteiger partial charge in [-0.25, -0.2) is 9.59 Å². The Bertz CT molecular complexity index is 173. The van der Waals surface area contributed by atoms with Gasteiger partial charge in [-0.15, -0.1) is 0 Å². The summed E-state index contributed by atoms with van der Waals surface area (Å²) >= 11 is 5.38. The molecule has 0 aliphatic carbocycles. The van der Waals surface area contributed by atoms with Crippen LogP contribution in [-0.2, 0) is 14.3 Å². The SMILES string of the molecule is CCOC(=O)NC(Cl)C(=O)OC. The van der Waals surface area contributed by atoms with E-state index in [0.29, 0.717) is 0 Å². The number of hydrogen-bond acceptors (Lipinski definition) is 4. The van der Waals surface area contributed by atoms with E-state index in [-0.39, 0.29) is 6.61 Å². The molecule has 0 saturated carbocycles. The van der Waals surface area contributed by atoms with Crippen molar-refractivity contribution in [2.45, 2.75) is 12.4 Å². The van der Waals surface area contributed by atoms with Crippen molar-refractivity contribution in [1.82, 2.24) is 5.32 Å². The maximum Gasteiger partial charge on any atom is 0.408 e. The minimum absolute atomic E-state index is 0.219. The third kappa shape index (κ3) is 4.02. The number of carbonyl (C=O) groups is 2. The van der Waals surface area contributed by atoms with Crippen LogP contribution in [0, 0.1) is 0 Å². The predicted octanol–water partition coefficient (Wildman–Crippen LogP) is 0.470. The molecule has 0 rings (SSSR count). The molecule has 0 radical (unpaired) electrons. The second-order valence-corrected chi connectivity index (χ2v) is 2.19. The van der Waals surface area contributed by atoms with Crippen LogP contribution in [0.15, 0.2) is 0 Å². The fraction of sp³-hybridized carbons (Fsp3) is 0.667. The van der Waals surface area contributed by atoms with E-state index in [1.165, 1.54) is 7.11 Å². The van der Waals surface area contributed by atoms with E-state index in [2.05, 4.69) is 14.8 Å². The number of methoxy groups -OCH3 is 1. The Balaban J connectivity index is 3.75. The smallest absolute Gasteiger partial charge is 0.408 e. The van der Waals surface area contributed by atoms with E-state index in [1.54, 1.807) is 6.92 Å². The maximum atomic E-state index is 10.6. The average molecular weight is 196 g/mol. The summed E-state index contributed by atoms with van der Waals surface area (Å²) in [4.78, 5) is 21.3. The quantitative estimate of drug-likeness (QED) is 0.404. The Labute approximate surface area is 75.0 Å². The van der Waals surface area contributed by atoms with Gasteiger partial charge in [0.25, 0.3) is 0 Å². The van der Waals surface area contributed by atoms with E-state index >= 15 is 0 Å². The largest absolute Gasteiger partial charge is 0.467 e. The molecule has 0 saturated heterocycles. The zero-order chi connectivity index (χ0) is 9.56. The van der Waals surface area contributed by atoms with Crippen molar-refractivity contribution in [3.63, 3.8) is 0 Å². The number of hydrogen-bond donors (Lipinski definition) is 1. The summed E-state index contributed by atoms with van der Waals surface area (Å²) in [5, 5.41) is 2.06. The first-order valence-electron chi connectivity index (χ1n) is 3.27. The van der Waals surface area contributed by atoms with Crippen LogP contribution in [0.25, 0.3) is 0 Å². The Hall–Kier alpha value is -0.970. The van der Waals surface area contributed by atoms with Crippen LogP contribution in [0.5, 0.6) is 0 Å². The molecule has 6 heteroatoms. The summed E-state index contributed by atoms with van der Waals surface area (Å²) in [6.07, 6.45) is -0.747. The Kier molecular flexibility index (Phi) is 5.19. The van der Waals surface area contributed by atoms with Gasteiger partial charge >= 0.3 is 12.1 Å². The topological polar surface area (TPSA) is 64.6 Å². The van der Waals surface area contributed by atoms with Crippen molar-refractivity contribution >= 4 is 23.7 Å². The van der Waals surface area contributed by atoms with Crippen LogP contribution in [0.2, 0.25) is 0 Å².